The fraction of sp³-hybridized carbons (Fsp3) is 0.500. The van der Waals surface area contributed by atoms with Crippen LogP contribution < -0.4 is 0 Å². The maximum absolute atomic E-state index is 11.6. The van der Waals surface area contributed by atoms with Gasteiger partial charge in [0, 0.05) is 30.5 Å². The van der Waals surface area contributed by atoms with Gasteiger partial charge >= 0.3 is 5.97 Å². The zero-order valence-corrected chi connectivity index (χ0v) is 11.6. The number of nitrogens with zero attached hydrogens (tertiary/aromatic N) is 1. The molecule has 102 valence electrons. The topological polar surface area (TPSA) is 74.6 Å². The average molecular weight is 296 g/mol. The lowest BCUT2D eigenvalue weighted by Gasteiger charge is -2.07. The highest BCUT2D eigenvalue weighted by molar-refractivity contribution is 8.13. The molecule has 0 spiro atoms. The minimum absolute atomic E-state index is 0.133. The number of carbonyl (C=O) groups excluding carboxylic acids is 1. The molecule has 0 N–H and O–H groups in total. The van der Waals surface area contributed by atoms with Crippen molar-refractivity contribution in [2.24, 2.45) is 0 Å². The quantitative estimate of drug-likeness (QED) is 0.583. The summed E-state index contributed by atoms with van der Waals surface area (Å²) in [7, 11) is 2.87. The second-order valence-corrected chi connectivity index (χ2v) is 5.97. The van der Waals surface area contributed by atoms with E-state index in [2.05, 4.69) is 0 Å². The zero-order valence-electron chi connectivity index (χ0n) is 10.1. The third kappa shape index (κ3) is 3.72. The summed E-state index contributed by atoms with van der Waals surface area (Å²) >= 11 is 0. The smallest absolute Gasteiger partial charge is 0.354 e. The van der Waals surface area contributed by atoms with E-state index in [0.717, 1.165) is 0 Å². The number of aromatic nitrogens is 1. The van der Waals surface area contributed by atoms with Gasteiger partial charge in [-0.15, -0.1) is 0 Å². The fourth-order valence-electron chi connectivity index (χ4n) is 1.37. The molecule has 0 amide bonds. The predicted molar refractivity (Wildman–Crippen MR) is 65.3 cm³/mol. The third-order valence-electron chi connectivity index (χ3n) is 2.17. The average Bonchev–Trinajstić information content (AvgIpc) is 2.70. The Morgan fingerprint density at radius 1 is 1.50 bits per heavy atom. The van der Waals surface area contributed by atoms with Crippen LogP contribution in [-0.2, 0) is 25.1 Å². The van der Waals surface area contributed by atoms with Crippen molar-refractivity contribution < 1.29 is 22.7 Å². The van der Waals surface area contributed by atoms with E-state index in [9.17, 15) is 13.2 Å². The van der Waals surface area contributed by atoms with Gasteiger partial charge in [-0.3, -0.25) is 0 Å². The van der Waals surface area contributed by atoms with Crippen LogP contribution in [-0.4, -0.2) is 39.3 Å². The first kappa shape index (κ1) is 15.0. The van der Waals surface area contributed by atoms with Crippen LogP contribution >= 0.6 is 10.7 Å². The Bertz CT molecular complexity index is 522. The van der Waals surface area contributed by atoms with Crippen LogP contribution in [0.15, 0.2) is 17.2 Å². The van der Waals surface area contributed by atoms with Gasteiger partial charge < -0.3 is 14.0 Å². The summed E-state index contributed by atoms with van der Waals surface area (Å²) in [5, 5.41) is 0. The molecule has 0 unspecified atom stereocenters. The summed E-state index contributed by atoms with van der Waals surface area (Å²) in [6.07, 6.45) is 1.29. The first-order valence-electron chi connectivity index (χ1n) is 5.21. The van der Waals surface area contributed by atoms with Crippen molar-refractivity contribution in [3.8, 4) is 0 Å². The highest BCUT2D eigenvalue weighted by Gasteiger charge is 2.20. The highest BCUT2D eigenvalue weighted by atomic mass is 35.7. The molecule has 0 saturated carbocycles. The van der Waals surface area contributed by atoms with Crippen LogP contribution in [0.25, 0.3) is 0 Å². The first-order valence-corrected chi connectivity index (χ1v) is 7.52. The molecule has 0 aliphatic rings. The Labute approximate surface area is 110 Å². The minimum atomic E-state index is -3.88. The molecule has 0 aliphatic heterocycles. The van der Waals surface area contributed by atoms with Crippen LogP contribution in [0.1, 0.15) is 17.4 Å². The summed E-state index contributed by atoms with van der Waals surface area (Å²) in [6.45, 7) is 2.54. The van der Waals surface area contributed by atoms with Crippen LogP contribution in [0.4, 0.5) is 0 Å². The number of rotatable bonds is 6. The predicted octanol–water partition coefficient (Wildman–Crippen LogP) is 1.24. The van der Waals surface area contributed by atoms with Crippen LogP contribution in [0.2, 0.25) is 0 Å². The lowest BCUT2D eigenvalue weighted by Crippen LogP contribution is -2.13. The second kappa shape index (κ2) is 6.21. The maximum atomic E-state index is 11.6. The first-order chi connectivity index (χ1) is 8.40. The van der Waals surface area contributed by atoms with Gasteiger partial charge in [-0.2, -0.15) is 0 Å². The third-order valence-corrected chi connectivity index (χ3v) is 3.49. The van der Waals surface area contributed by atoms with Gasteiger partial charge in [0.05, 0.1) is 13.2 Å². The molecule has 1 aromatic heterocycles. The molecule has 0 bridgehead atoms. The van der Waals surface area contributed by atoms with Gasteiger partial charge in [0.25, 0.3) is 9.05 Å². The normalized spacial score (nSPS) is 11.5. The van der Waals surface area contributed by atoms with E-state index in [1.165, 1.54) is 23.9 Å². The van der Waals surface area contributed by atoms with Crippen molar-refractivity contribution in [2.45, 2.75) is 18.4 Å². The van der Waals surface area contributed by atoms with Crippen molar-refractivity contribution in [1.29, 1.82) is 0 Å². The van der Waals surface area contributed by atoms with Crippen molar-refractivity contribution in [3.05, 3.63) is 18.0 Å². The Hall–Kier alpha value is -1.05. The standard InChI is InChI=1S/C10H14ClNO5S/c1-3-17-10(13)9-6-8(18(11,14)15)7-12(9)4-5-16-2/h6-7H,3-5H2,1-2H3. The molecule has 0 atom stereocenters. The highest BCUT2D eigenvalue weighted by Crippen LogP contribution is 2.19. The number of ether oxygens (including phenoxy) is 2. The van der Waals surface area contributed by atoms with E-state index in [-0.39, 0.29) is 17.2 Å². The number of hydrogen-bond donors (Lipinski definition) is 0. The Kier molecular flexibility index (Phi) is 5.18. The summed E-state index contributed by atoms with van der Waals surface area (Å²) in [4.78, 5) is 11.5. The SMILES string of the molecule is CCOC(=O)c1cc(S(=O)(=O)Cl)cn1CCOC. The Morgan fingerprint density at radius 2 is 2.17 bits per heavy atom. The number of halogens is 1. The van der Waals surface area contributed by atoms with Gasteiger partial charge in [-0.1, -0.05) is 0 Å². The van der Waals surface area contributed by atoms with Gasteiger partial charge in [0.1, 0.15) is 10.6 Å². The van der Waals surface area contributed by atoms with Crippen LogP contribution in [0, 0.1) is 0 Å². The molecular formula is C10H14ClNO5S. The summed E-state index contributed by atoms with van der Waals surface area (Å²) in [6, 6.07) is 1.19. The lowest BCUT2D eigenvalue weighted by molar-refractivity contribution is 0.0511. The second-order valence-electron chi connectivity index (χ2n) is 3.41. The van der Waals surface area contributed by atoms with E-state index < -0.39 is 15.0 Å². The summed E-state index contributed by atoms with van der Waals surface area (Å²) in [5.74, 6) is -0.597. The Balaban J connectivity index is 3.12. The number of carbonyl (C=O) groups is 1. The molecule has 0 aliphatic carbocycles. The van der Waals surface area contributed by atoms with Gasteiger partial charge in [-0.25, -0.2) is 13.2 Å². The van der Waals surface area contributed by atoms with E-state index in [4.69, 9.17) is 20.2 Å². The van der Waals surface area contributed by atoms with Crippen molar-refractivity contribution in [3.63, 3.8) is 0 Å². The monoisotopic (exact) mass is 295 g/mol. The van der Waals surface area contributed by atoms with E-state index in [1.54, 1.807) is 6.92 Å². The zero-order chi connectivity index (χ0) is 13.8. The summed E-state index contributed by atoms with van der Waals surface area (Å²) in [5.41, 5.74) is 0.133. The van der Waals surface area contributed by atoms with E-state index >= 15 is 0 Å². The van der Waals surface area contributed by atoms with Crippen molar-refractivity contribution in [2.75, 3.05) is 20.3 Å². The molecule has 0 saturated heterocycles. The molecule has 6 nitrogen and oxygen atoms in total. The number of hydrogen-bond acceptors (Lipinski definition) is 5. The van der Waals surface area contributed by atoms with Crippen LogP contribution in [0.3, 0.4) is 0 Å². The molecule has 1 rings (SSSR count). The number of methoxy groups -OCH3 is 1. The van der Waals surface area contributed by atoms with Gasteiger partial charge in [-0.05, 0) is 13.0 Å². The fourth-order valence-corrected chi connectivity index (χ4v) is 2.13. The molecule has 1 aromatic rings. The van der Waals surface area contributed by atoms with Gasteiger partial charge in [0.15, 0.2) is 0 Å². The molecule has 0 radical (unpaired) electrons. The molecular weight excluding hydrogens is 282 g/mol. The molecule has 0 fully saturated rings. The lowest BCUT2D eigenvalue weighted by atomic mass is 10.4. The number of esters is 1. The van der Waals surface area contributed by atoms with E-state index in [1.807, 2.05) is 0 Å². The maximum Gasteiger partial charge on any atom is 0.354 e. The van der Waals surface area contributed by atoms with E-state index in [0.29, 0.717) is 13.2 Å². The molecule has 18 heavy (non-hydrogen) atoms. The van der Waals surface area contributed by atoms with Crippen molar-refractivity contribution >= 4 is 25.7 Å². The Morgan fingerprint density at radius 3 is 2.67 bits per heavy atom. The van der Waals surface area contributed by atoms with Crippen LogP contribution in [0.5, 0.6) is 0 Å². The minimum Gasteiger partial charge on any atom is -0.461 e. The largest absolute Gasteiger partial charge is 0.461 e. The molecule has 0 aromatic carbocycles. The molecule has 8 heteroatoms. The van der Waals surface area contributed by atoms with Crippen molar-refractivity contribution in [1.82, 2.24) is 4.57 Å². The molecule has 1 heterocycles. The summed E-state index contributed by atoms with van der Waals surface area (Å²) < 4.78 is 33.6. The van der Waals surface area contributed by atoms with Gasteiger partial charge in [0.2, 0.25) is 0 Å².